The molecule has 0 unspecified atom stereocenters. The van der Waals surface area contributed by atoms with Gasteiger partial charge in [-0.15, -0.1) is 0 Å². The molecule has 13 aromatic carbocycles. The lowest BCUT2D eigenvalue weighted by Gasteiger charge is -2.39. The van der Waals surface area contributed by atoms with Crippen LogP contribution in [0.4, 0.5) is 34.1 Å². The number of phenols is 2. The fraction of sp³-hybridized carbons (Fsp3) is 0.381. The summed E-state index contributed by atoms with van der Waals surface area (Å²) in [6, 6.07) is 101. The Bertz CT molecular complexity index is 6400. The molecule has 0 saturated heterocycles. The Kier molecular flexibility index (Phi) is 39.7. The van der Waals surface area contributed by atoms with Crippen molar-refractivity contribution in [2.45, 2.75) is 188 Å². The smallest absolute Gasteiger partial charge is 0.294 e. The summed E-state index contributed by atoms with van der Waals surface area (Å²) in [5, 5.41) is 25.8. The van der Waals surface area contributed by atoms with E-state index in [1.807, 2.05) is 26.0 Å². The van der Waals surface area contributed by atoms with Gasteiger partial charge in [0.05, 0.1) is 57.8 Å². The Balaban J connectivity index is 0.000000287. The normalized spacial score (nSPS) is 14.6. The van der Waals surface area contributed by atoms with Crippen LogP contribution in [-0.4, -0.2) is 157 Å². The van der Waals surface area contributed by atoms with Gasteiger partial charge in [0.25, 0.3) is 10.1 Å². The van der Waals surface area contributed by atoms with E-state index in [-0.39, 0.29) is 17.5 Å². The highest BCUT2D eigenvalue weighted by Crippen LogP contribution is 2.49. The number of phenolic OH excluding ortho intramolecular Hbond substituents is 2. The average Bonchev–Trinajstić information content (AvgIpc) is 0.755. The van der Waals surface area contributed by atoms with Gasteiger partial charge in [-0.3, -0.25) is 4.55 Å². The van der Waals surface area contributed by atoms with E-state index in [1.165, 1.54) is 45.8 Å². The molecule has 3 N–H and O–H groups in total. The number of methoxy groups -OCH3 is 3. The lowest BCUT2D eigenvalue weighted by Crippen LogP contribution is -2.38. The molecule has 16 rings (SSSR count). The van der Waals surface area contributed by atoms with Gasteiger partial charge in [0.1, 0.15) is 47.7 Å². The molecule has 0 aromatic heterocycles. The van der Waals surface area contributed by atoms with Crippen molar-refractivity contribution in [2.24, 2.45) is 0 Å². The molecule has 788 valence electrons. The lowest BCUT2D eigenvalue weighted by molar-refractivity contribution is 0.0539. The van der Waals surface area contributed by atoms with Crippen LogP contribution in [0.5, 0.6) is 34.5 Å². The van der Waals surface area contributed by atoms with Gasteiger partial charge in [-0.25, -0.2) is 0 Å². The summed E-state index contributed by atoms with van der Waals surface area (Å²) in [5.74, 6) is 4.19. The molecule has 22 heteroatoms. The largest absolute Gasteiger partial charge is 0.507 e. The highest BCUT2D eigenvalue weighted by molar-refractivity contribution is 7.85. The van der Waals surface area contributed by atoms with Crippen LogP contribution in [0.3, 0.4) is 0 Å². The van der Waals surface area contributed by atoms with Crippen LogP contribution >= 0.6 is 0 Å². The standard InChI is InChI=1S/C82H104N4O8.C31H30N2O2.C7H8O3S.C6H14O2.H2/c1-15-83(69-29-21-17-22-30-69)53-62-48-67-51-73(76(62)88)79(5,6)57-86(72-35-27-20-28-36-72)56-63-49-66(46-60(4)77(63)93-43-41-91-39-37-89-13)81(9,10)65-45-59(3)75(87)61(47-65)54-85(71-33-25-19-26-34-71)58-80(7,8)74-52-68(82(67,11)12)50-64(78(74)94-44-42-92-40-38-90-14)55-84(16-2)70-31-23-18-24-32-70;1-31(2,25-13-15-29-23(17-25)19-32(21-34-29)27-9-5-3-6-10-27)26-14-16-30-24(18-26)20-33(22-35-30)28-11-7-4-8-12-28;1-6-2-4-7(5-3-6)11(8,9)10;1-3-4-8-6-5-7-2;/h17-36,45-52,87-88H,15-16,37-44,53-58H2,1-14H3;3-18H,19-22H2,1-2H3;2-5H,1H3,(H,8,9,10);3-6H2,1-2H3;1H/i;;;;1+1. The van der Waals surface area contributed by atoms with Crippen LogP contribution in [0, 0.1) is 20.8 Å². The predicted molar refractivity (Wildman–Crippen MR) is 604 cm³/mol. The van der Waals surface area contributed by atoms with Crippen LogP contribution in [0.15, 0.2) is 296 Å². The summed E-state index contributed by atoms with van der Waals surface area (Å²) in [5.41, 5.74) is 21.9. The second-order valence-corrected chi connectivity index (χ2v) is 42.8. The molecule has 0 spiro atoms. The highest BCUT2D eigenvalue weighted by atomic mass is 32.2. The summed E-state index contributed by atoms with van der Waals surface area (Å²) in [6.07, 6.45) is 1.09. The van der Waals surface area contributed by atoms with E-state index >= 15 is 0 Å². The van der Waals surface area contributed by atoms with E-state index in [0.29, 0.717) is 118 Å². The maximum atomic E-state index is 13.3. The minimum Gasteiger partial charge on any atom is -0.507 e. The van der Waals surface area contributed by atoms with Crippen LogP contribution in [0.2, 0.25) is 0 Å². The van der Waals surface area contributed by atoms with Crippen molar-refractivity contribution in [2.75, 3.05) is 163 Å². The first-order chi connectivity index (χ1) is 71.1. The van der Waals surface area contributed by atoms with Crippen LogP contribution in [0.1, 0.15) is 192 Å². The van der Waals surface area contributed by atoms with Gasteiger partial charge in [-0.1, -0.05) is 239 Å². The molecule has 0 aliphatic carbocycles. The molecule has 3 aliphatic rings. The number of rotatable bonds is 34. The molecule has 8 bridgehead atoms. The van der Waals surface area contributed by atoms with Crippen LogP contribution < -0.4 is 48.3 Å². The summed E-state index contributed by atoms with van der Waals surface area (Å²) in [6.45, 7) is 48.6. The number of ether oxygens (including phenoxy) is 10. The Morgan fingerprint density at radius 3 is 1.18 bits per heavy atom. The molecule has 21 nitrogen and oxygen atoms in total. The Morgan fingerprint density at radius 1 is 0.378 bits per heavy atom. The number of para-hydroxylation sites is 6. The third kappa shape index (κ3) is 29.2. The first-order valence-corrected chi connectivity index (χ1v) is 53.4. The van der Waals surface area contributed by atoms with Crippen molar-refractivity contribution in [3.8, 4) is 34.5 Å². The Morgan fingerprint density at radius 2 is 0.743 bits per heavy atom. The third-order valence-corrected chi connectivity index (χ3v) is 29.4. The number of hydrogen-bond donors (Lipinski definition) is 3. The molecule has 0 atom stereocenters. The lowest BCUT2D eigenvalue weighted by atomic mass is 9.71. The summed E-state index contributed by atoms with van der Waals surface area (Å²) < 4.78 is 88.5. The molecule has 0 saturated carbocycles. The average molecular weight is 2030 g/mol. The van der Waals surface area contributed by atoms with Crippen molar-refractivity contribution in [1.82, 2.24) is 0 Å². The van der Waals surface area contributed by atoms with Gasteiger partial charge in [0.2, 0.25) is 0 Å². The molecule has 0 amide bonds. The maximum Gasteiger partial charge on any atom is 0.294 e. The van der Waals surface area contributed by atoms with Crippen molar-refractivity contribution >= 4 is 44.2 Å². The van der Waals surface area contributed by atoms with Gasteiger partial charge in [-0.2, -0.15) is 8.42 Å². The SMILES string of the molecule is CC(C)(c1ccc2c(c1)CN(c1ccccc1)CO2)c1ccc2c(c1)CN(c1ccccc1)CO2.CCCOCCOC.CCN(Cc1cc2cc(c1O)C(C)(C)CN(c1ccccc1)Cc1cc(cc(C)c1OCCOCCOC)C(C)(C)c1cc(C)c(O)c(c1)CN(c1ccccc1)CC(C)(C)c1cc(cc(CN(CC)c3ccccc3)c1OCCOCCOC)C2(C)C)c1ccccc1.Cc1ccc(S(=O)(=O)O)cc1.[2HH]. The molecule has 0 fully saturated rings. The van der Waals surface area contributed by atoms with Gasteiger partial charge in [0, 0.05) is 201 Å². The summed E-state index contributed by atoms with van der Waals surface area (Å²) in [4.78, 5) is 14.1. The number of fused-ring (bicyclic) bond motifs is 10. The van der Waals surface area contributed by atoms with Gasteiger partial charge in [0.15, 0.2) is 13.5 Å². The zero-order valence-corrected chi connectivity index (χ0v) is 91.3. The zero-order valence-electron chi connectivity index (χ0n) is 90.5. The number of aromatic hydroxyl groups is 2. The topological polar surface area (TPSA) is 207 Å². The molecular formula is C126H158N6O15S. The summed E-state index contributed by atoms with van der Waals surface area (Å²) in [7, 11) is 1.03. The highest BCUT2D eigenvalue weighted by Gasteiger charge is 2.39. The van der Waals surface area contributed by atoms with Crippen molar-refractivity contribution in [3.05, 3.63) is 386 Å². The Hall–Kier alpha value is -12.9. The monoisotopic (exact) mass is 2030 g/mol. The fourth-order valence-corrected chi connectivity index (χ4v) is 20.0. The Labute approximate surface area is 882 Å². The van der Waals surface area contributed by atoms with Gasteiger partial charge >= 0.3 is 0 Å². The molecular weight excluding hydrogens is 1870 g/mol. The number of anilines is 6. The minimum atomic E-state index is -4.02. The molecule has 3 heterocycles. The minimum absolute atomic E-state index is 0. The van der Waals surface area contributed by atoms with E-state index in [9.17, 15) is 18.6 Å². The number of benzene rings is 13. The van der Waals surface area contributed by atoms with Crippen molar-refractivity contribution < 1.29 is 72.0 Å². The zero-order chi connectivity index (χ0) is 106. The molecule has 148 heavy (non-hydrogen) atoms. The third-order valence-electron chi connectivity index (χ3n) is 28.5. The van der Waals surface area contributed by atoms with E-state index in [2.05, 4.69) is 381 Å². The van der Waals surface area contributed by atoms with E-state index < -0.39 is 31.8 Å². The van der Waals surface area contributed by atoms with Crippen molar-refractivity contribution in [1.29, 1.82) is 0 Å². The van der Waals surface area contributed by atoms with E-state index in [1.54, 1.807) is 33.5 Å². The number of aryl methyl sites for hydroxylation is 3. The second kappa shape index (κ2) is 52.3. The van der Waals surface area contributed by atoms with Gasteiger partial charge in [-0.05, 0) is 219 Å². The van der Waals surface area contributed by atoms with E-state index in [4.69, 9.17) is 51.9 Å². The number of nitrogens with zero attached hydrogens (tertiary/aromatic N) is 6. The second-order valence-electron chi connectivity index (χ2n) is 41.4. The first-order valence-electron chi connectivity index (χ1n) is 51.9. The van der Waals surface area contributed by atoms with Crippen LogP contribution in [-0.2, 0) is 105 Å². The van der Waals surface area contributed by atoms with E-state index in [0.717, 1.165) is 164 Å². The van der Waals surface area contributed by atoms with Crippen LogP contribution in [0.25, 0.3) is 0 Å². The molecule has 13 aromatic rings. The quantitative estimate of drug-likeness (QED) is 0.0253. The summed E-state index contributed by atoms with van der Waals surface area (Å²) >= 11 is 0. The van der Waals surface area contributed by atoms with Crippen molar-refractivity contribution in [3.63, 3.8) is 0 Å². The molecule has 3 aliphatic heterocycles. The fourth-order valence-electron chi connectivity index (χ4n) is 19.5. The maximum absolute atomic E-state index is 13.3. The predicted octanol–water partition coefficient (Wildman–Crippen LogP) is 26.1. The first kappa shape index (κ1) is 112. The molecule has 0 radical (unpaired) electrons. The van der Waals surface area contributed by atoms with Gasteiger partial charge < -0.3 is 87.0 Å². The number of hydrogen-bond acceptors (Lipinski definition) is 20.